The number of carbonyl (C=O) groups is 1. The van der Waals surface area contributed by atoms with Crippen molar-refractivity contribution in [3.63, 3.8) is 0 Å². The summed E-state index contributed by atoms with van der Waals surface area (Å²) in [6.45, 7) is 4.92. The van der Waals surface area contributed by atoms with Gasteiger partial charge in [-0.1, -0.05) is 23.7 Å². The van der Waals surface area contributed by atoms with Gasteiger partial charge in [0, 0.05) is 10.7 Å². The van der Waals surface area contributed by atoms with Gasteiger partial charge in [-0.05, 0) is 79.1 Å². The first-order valence-electron chi connectivity index (χ1n) is 10.7. The number of hydrogen-bond acceptors (Lipinski definition) is 4. The maximum atomic E-state index is 13.4. The maximum absolute atomic E-state index is 13.4. The van der Waals surface area contributed by atoms with E-state index in [0.29, 0.717) is 29.7 Å². The number of halogens is 1. The van der Waals surface area contributed by atoms with Crippen molar-refractivity contribution in [2.75, 3.05) is 25.2 Å². The molecule has 0 radical (unpaired) electrons. The van der Waals surface area contributed by atoms with E-state index in [4.69, 9.17) is 25.8 Å². The minimum absolute atomic E-state index is 0.00671. The summed E-state index contributed by atoms with van der Waals surface area (Å²) in [5, 5.41) is 0.625. The second kappa shape index (κ2) is 9.53. The molecule has 1 aliphatic rings. The quantitative estimate of drug-likeness (QED) is 0.453. The number of fused-ring (bicyclic) bond motifs is 1. The molecular formula is C26H26ClNO4. The molecule has 4 rings (SSSR count). The number of rotatable bonds is 7. The number of nitrogens with zero attached hydrogens (tertiary/aromatic N) is 1. The highest BCUT2D eigenvalue weighted by Crippen LogP contribution is 2.43. The molecule has 1 heterocycles. The Labute approximate surface area is 193 Å². The first kappa shape index (κ1) is 22.0. The highest BCUT2D eigenvalue weighted by atomic mass is 35.5. The average molecular weight is 452 g/mol. The number of anilines is 1. The zero-order valence-electron chi connectivity index (χ0n) is 18.4. The summed E-state index contributed by atoms with van der Waals surface area (Å²) < 4.78 is 17.0. The van der Waals surface area contributed by atoms with Crippen LogP contribution in [0.25, 0.3) is 0 Å². The Kier molecular flexibility index (Phi) is 6.56. The molecule has 0 aromatic heterocycles. The summed E-state index contributed by atoms with van der Waals surface area (Å²) in [6.07, 6.45) is 0.275. The predicted octanol–water partition coefficient (Wildman–Crippen LogP) is 5.82. The summed E-state index contributed by atoms with van der Waals surface area (Å²) in [7, 11) is 1.64. The number of ether oxygens (including phenoxy) is 3. The third-order valence-corrected chi connectivity index (χ3v) is 5.76. The Morgan fingerprint density at radius 1 is 0.938 bits per heavy atom. The first-order valence-corrected chi connectivity index (χ1v) is 11.1. The Morgan fingerprint density at radius 2 is 1.56 bits per heavy atom. The van der Waals surface area contributed by atoms with Crippen molar-refractivity contribution in [3.05, 3.63) is 82.4 Å². The van der Waals surface area contributed by atoms with Crippen molar-refractivity contribution >= 4 is 23.2 Å². The number of amides is 1. The lowest BCUT2D eigenvalue weighted by atomic mass is 9.86. The normalized spacial score (nSPS) is 15.3. The van der Waals surface area contributed by atoms with Gasteiger partial charge < -0.3 is 19.1 Å². The molecule has 0 spiro atoms. The Balaban J connectivity index is 1.90. The van der Waals surface area contributed by atoms with Crippen molar-refractivity contribution in [1.29, 1.82) is 0 Å². The van der Waals surface area contributed by atoms with Crippen molar-refractivity contribution in [3.8, 4) is 17.2 Å². The van der Waals surface area contributed by atoms with Gasteiger partial charge in [0.25, 0.3) is 0 Å². The first-order chi connectivity index (χ1) is 15.5. The lowest BCUT2D eigenvalue weighted by Gasteiger charge is -2.38. The summed E-state index contributed by atoms with van der Waals surface area (Å²) in [5.74, 6) is 2.11. The summed E-state index contributed by atoms with van der Waals surface area (Å²) in [6, 6.07) is 18.8. The zero-order chi connectivity index (χ0) is 22.7. The smallest absolute Gasteiger partial charge is 0.232 e. The number of benzene rings is 3. The van der Waals surface area contributed by atoms with Crippen LogP contribution in [-0.2, 0) is 11.2 Å². The Hall–Kier alpha value is -3.18. The Bertz CT molecular complexity index is 1100. The van der Waals surface area contributed by atoms with Gasteiger partial charge in [-0.15, -0.1) is 0 Å². The highest BCUT2D eigenvalue weighted by molar-refractivity contribution is 6.30. The van der Waals surface area contributed by atoms with Crippen LogP contribution in [0.15, 0.2) is 60.7 Å². The van der Waals surface area contributed by atoms with E-state index in [1.54, 1.807) is 19.2 Å². The van der Waals surface area contributed by atoms with Crippen molar-refractivity contribution in [1.82, 2.24) is 0 Å². The van der Waals surface area contributed by atoms with Crippen LogP contribution in [0.2, 0.25) is 5.02 Å². The van der Waals surface area contributed by atoms with E-state index in [-0.39, 0.29) is 18.4 Å². The number of carbonyl (C=O) groups excluding carboxylic acids is 1. The zero-order valence-corrected chi connectivity index (χ0v) is 19.2. The van der Waals surface area contributed by atoms with Crippen LogP contribution in [0.4, 0.5) is 5.69 Å². The summed E-state index contributed by atoms with van der Waals surface area (Å²) in [4.78, 5) is 15.3. The minimum atomic E-state index is -0.326. The molecule has 3 aromatic carbocycles. The van der Waals surface area contributed by atoms with Crippen LogP contribution in [0.5, 0.6) is 17.2 Å². The van der Waals surface area contributed by atoms with Crippen molar-refractivity contribution < 1.29 is 19.0 Å². The van der Waals surface area contributed by atoms with E-state index >= 15 is 0 Å². The molecule has 1 atom stereocenters. The topological polar surface area (TPSA) is 48.0 Å². The lowest BCUT2D eigenvalue weighted by molar-refractivity contribution is -0.118. The standard InChI is InChI=1S/C26H26ClNO4/c1-4-31-23-14-18-15-25(29)28(20-10-8-19(27)9-11-20)26(22(18)16-24(23)32-5-2)17-6-12-21(30-3)13-7-17/h6-14,16,26H,4-5,15H2,1-3H3. The molecule has 0 aliphatic carbocycles. The van der Waals surface area contributed by atoms with Gasteiger partial charge in [-0.25, -0.2) is 0 Å². The van der Waals surface area contributed by atoms with Gasteiger partial charge in [-0.3, -0.25) is 4.79 Å². The maximum Gasteiger partial charge on any atom is 0.232 e. The lowest BCUT2D eigenvalue weighted by Crippen LogP contribution is -2.41. The van der Waals surface area contributed by atoms with Gasteiger partial charge >= 0.3 is 0 Å². The molecule has 0 bridgehead atoms. The Morgan fingerprint density at radius 3 is 2.16 bits per heavy atom. The van der Waals surface area contributed by atoms with E-state index < -0.39 is 0 Å². The SMILES string of the molecule is CCOc1cc2c(cc1OCC)C(c1ccc(OC)cc1)N(c1ccc(Cl)cc1)C(=O)C2. The van der Waals surface area contributed by atoms with Crippen molar-refractivity contribution in [2.24, 2.45) is 0 Å². The number of hydrogen-bond donors (Lipinski definition) is 0. The van der Waals surface area contributed by atoms with E-state index in [0.717, 1.165) is 28.1 Å². The molecule has 0 saturated carbocycles. The fourth-order valence-corrected chi connectivity index (χ4v) is 4.23. The molecule has 0 saturated heterocycles. The molecule has 6 heteroatoms. The van der Waals surface area contributed by atoms with Gasteiger partial charge in [0.15, 0.2) is 11.5 Å². The van der Waals surface area contributed by atoms with Crippen LogP contribution >= 0.6 is 11.6 Å². The average Bonchev–Trinajstić information content (AvgIpc) is 2.80. The van der Waals surface area contributed by atoms with Gasteiger partial charge in [0.05, 0.1) is 32.8 Å². The largest absolute Gasteiger partial charge is 0.497 e. The highest BCUT2D eigenvalue weighted by Gasteiger charge is 2.36. The van der Waals surface area contributed by atoms with Crippen LogP contribution in [-0.4, -0.2) is 26.2 Å². The molecule has 5 nitrogen and oxygen atoms in total. The third-order valence-electron chi connectivity index (χ3n) is 5.50. The molecule has 32 heavy (non-hydrogen) atoms. The summed E-state index contributed by atoms with van der Waals surface area (Å²) >= 11 is 6.11. The molecule has 1 aliphatic heterocycles. The summed E-state index contributed by atoms with van der Waals surface area (Å²) in [5.41, 5.74) is 3.71. The molecule has 1 amide bonds. The van der Waals surface area contributed by atoms with Gasteiger partial charge in [0.2, 0.25) is 5.91 Å². The second-order valence-electron chi connectivity index (χ2n) is 7.46. The number of methoxy groups -OCH3 is 1. The second-order valence-corrected chi connectivity index (χ2v) is 7.89. The fourth-order valence-electron chi connectivity index (χ4n) is 4.10. The minimum Gasteiger partial charge on any atom is -0.497 e. The molecular weight excluding hydrogens is 426 g/mol. The van der Waals surface area contributed by atoms with Crippen LogP contribution in [0.3, 0.4) is 0 Å². The molecule has 0 N–H and O–H groups in total. The van der Waals surface area contributed by atoms with E-state index in [2.05, 4.69) is 0 Å². The van der Waals surface area contributed by atoms with Crippen LogP contribution in [0, 0.1) is 0 Å². The predicted molar refractivity (Wildman–Crippen MR) is 126 cm³/mol. The van der Waals surface area contributed by atoms with Gasteiger partial charge in [-0.2, -0.15) is 0 Å². The van der Waals surface area contributed by atoms with E-state index in [9.17, 15) is 4.79 Å². The van der Waals surface area contributed by atoms with Crippen LogP contribution < -0.4 is 19.1 Å². The molecule has 0 fully saturated rings. The third kappa shape index (κ3) is 4.26. The molecule has 1 unspecified atom stereocenters. The fraction of sp³-hybridized carbons (Fsp3) is 0.269. The van der Waals surface area contributed by atoms with E-state index in [1.807, 2.05) is 67.3 Å². The van der Waals surface area contributed by atoms with Crippen LogP contribution in [0.1, 0.15) is 36.6 Å². The molecule has 166 valence electrons. The monoisotopic (exact) mass is 451 g/mol. The van der Waals surface area contributed by atoms with Crippen molar-refractivity contribution in [2.45, 2.75) is 26.3 Å². The van der Waals surface area contributed by atoms with Gasteiger partial charge in [0.1, 0.15) is 5.75 Å². The van der Waals surface area contributed by atoms with E-state index in [1.165, 1.54) is 0 Å². The molecule has 3 aromatic rings.